The van der Waals surface area contributed by atoms with Gasteiger partial charge in [0.1, 0.15) is 0 Å². The number of methoxy groups -OCH3 is 1. The molecule has 0 fully saturated rings. The van der Waals surface area contributed by atoms with Crippen molar-refractivity contribution in [2.75, 3.05) is 19.0 Å². The highest BCUT2D eigenvalue weighted by atomic mass is 16.5. The number of carbonyl (C=O) groups is 3. The molecule has 0 saturated heterocycles. The monoisotopic (exact) mass is 408 g/mol. The van der Waals surface area contributed by atoms with Gasteiger partial charge in [-0.1, -0.05) is 6.07 Å². The average molecular weight is 408 g/mol. The van der Waals surface area contributed by atoms with Crippen LogP contribution >= 0.6 is 0 Å². The Hall–Kier alpha value is -4.06. The normalized spacial score (nSPS) is 13.4. The molecule has 1 aliphatic heterocycles. The Labute approximate surface area is 173 Å². The number of nitrogens with zero attached hydrogens (tertiary/aromatic N) is 2. The van der Waals surface area contributed by atoms with E-state index in [2.05, 4.69) is 5.32 Å². The van der Waals surface area contributed by atoms with Crippen molar-refractivity contribution in [3.63, 3.8) is 0 Å². The second-order valence-corrected chi connectivity index (χ2v) is 6.45. The Morgan fingerprint density at radius 2 is 1.90 bits per heavy atom. The number of rotatable bonds is 7. The summed E-state index contributed by atoms with van der Waals surface area (Å²) in [7, 11) is 1.51. The van der Waals surface area contributed by atoms with E-state index in [-0.39, 0.29) is 17.5 Å². The van der Waals surface area contributed by atoms with Crippen molar-refractivity contribution in [2.45, 2.75) is 19.4 Å². The molecule has 0 aromatic heterocycles. The third kappa shape index (κ3) is 3.75. The van der Waals surface area contributed by atoms with Crippen molar-refractivity contribution in [2.24, 2.45) is 5.73 Å². The molecular weight excluding hydrogens is 388 g/mol. The van der Waals surface area contributed by atoms with Crippen LogP contribution in [0.15, 0.2) is 36.4 Å². The number of nitrogens with two attached hydrogens (primary N) is 1. The molecule has 0 spiro atoms. The Kier molecular flexibility index (Phi) is 5.88. The van der Waals surface area contributed by atoms with E-state index < -0.39 is 23.9 Å². The molecule has 1 aliphatic rings. The highest BCUT2D eigenvalue weighted by Crippen LogP contribution is 2.37. The molecule has 30 heavy (non-hydrogen) atoms. The van der Waals surface area contributed by atoms with Gasteiger partial charge in [-0.05, 0) is 42.8 Å². The summed E-state index contributed by atoms with van der Waals surface area (Å²) >= 11 is 0. The van der Waals surface area contributed by atoms with E-state index in [1.807, 2.05) is 13.0 Å². The number of carbonyl (C=O) groups excluding carboxylic acids is 3. The number of ether oxygens (including phenoxy) is 2. The average Bonchev–Trinajstić information content (AvgIpc) is 2.96. The van der Waals surface area contributed by atoms with Crippen LogP contribution in [0.3, 0.4) is 0 Å². The second kappa shape index (κ2) is 8.53. The topological polar surface area (TPSA) is 135 Å². The number of hydrogen-bond donors (Lipinski definition) is 2. The molecule has 1 atom stereocenters. The van der Waals surface area contributed by atoms with Crippen LogP contribution in [0.25, 0.3) is 0 Å². The van der Waals surface area contributed by atoms with Gasteiger partial charge in [0.15, 0.2) is 11.5 Å². The van der Waals surface area contributed by atoms with Gasteiger partial charge in [0, 0.05) is 5.69 Å². The number of hydrogen-bond acceptors (Lipinski definition) is 6. The molecule has 9 heteroatoms. The third-order valence-electron chi connectivity index (χ3n) is 4.65. The fourth-order valence-corrected chi connectivity index (χ4v) is 3.38. The number of amides is 4. The maximum Gasteiger partial charge on any atom is 0.316 e. The van der Waals surface area contributed by atoms with Gasteiger partial charge in [0.25, 0.3) is 11.8 Å². The molecule has 1 unspecified atom stereocenters. The minimum absolute atomic E-state index is 0.101. The molecule has 0 saturated carbocycles. The summed E-state index contributed by atoms with van der Waals surface area (Å²) in [4.78, 5) is 38.2. The van der Waals surface area contributed by atoms with Crippen LogP contribution in [-0.4, -0.2) is 36.5 Å². The van der Waals surface area contributed by atoms with Gasteiger partial charge in [0.2, 0.25) is 0 Å². The van der Waals surface area contributed by atoms with E-state index in [1.165, 1.54) is 25.3 Å². The van der Waals surface area contributed by atoms with E-state index >= 15 is 0 Å². The van der Waals surface area contributed by atoms with E-state index in [9.17, 15) is 19.6 Å². The number of urea groups is 1. The number of fused-ring (bicyclic) bond motifs is 1. The molecule has 2 aromatic rings. The van der Waals surface area contributed by atoms with Crippen molar-refractivity contribution in [3.05, 3.63) is 53.1 Å². The molecule has 154 valence electrons. The first-order valence-electron chi connectivity index (χ1n) is 9.17. The molecule has 3 rings (SSSR count). The lowest BCUT2D eigenvalue weighted by atomic mass is 10.0. The lowest BCUT2D eigenvalue weighted by Gasteiger charge is -2.25. The van der Waals surface area contributed by atoms with Crippen molar-refractivity contribution >= 4 is 23.5 Å². The van der Waals surface area contributed by atoms with Crippen LogP contribution in [0, 0.1) is 11.3 Å². The minimum atomic E-state index is -0.819. The van der Waals surface area contributed by atoms with Gasteiger partial charge in [-0.2, -0.15) is 5.26 Å². The van der Waals surface area contributed by atoms with Crippen LogP contribution in [-0.2, 0) is 0 Å². The van der Waals surface area contributed by atoms with Crippen LogP contribution in [0.5, 0.6) is 11.5 Å². The molecule has 9 nitrogen and oxygen atoms in total. The third-order valence-corrected chi connectivity index (χ3v) is 4.65. The molecule has 0 aliphatic carbocycles. The van der Waals surface area contributed by atoms with E-state index in [0.29, 0.717) is 29.4 Å². The zero-order valence-corrected chi connectivity index (χ0v) is 16.5. The van der Waals surface area contributed by atoms with E-state index in [0.717, 1.165) is 4.90 Å². The van der Waals surface area contributed by atoms with Crippen molar-refractivity contribution in [1.82, 2.24) is 4.90 Å². The standard InChI is InChI=1S/C21H20N4O5/c1-3-30-18-10-12(4-7-17(18)29-2)16(8-9-22)25-19(26)14-6-5-13(24-21(23)28)11-15(14)20(25)27/h4-7,10-11,16H,3,8H2,1-2H3,(H3,23,24,28). The summed E-state index contributed by atoms with van der Waals surface area (Å²) in [6, 6.07) is 9.77. The van der Waals surface area contributed by atoms with Crippen LogP contribution in [0.1, 0.15) is 45.7 Å². The highest BCUT2D eigenvalue weighted by Gasteiger charge is 2.41. The Morgan fingerprint density at radius 3 is 2.53 bits per heavy atom. The fraction of sp³-hybridized carbons (Fsp3) is 0.238. The summed E-state index contributed by atoms with van der Waals surface area (Å²) in [5.41, 5.74) is 6.29. The Balaban J connectivity index is 2.02. The van der Waals surface area contributed by atoms with Crippen LogP contribution < -0.4 is 20.5 Å². The molecule has 0 radical (unpaired) electrons. The summed E-state index contributed by atoms with van der Waals surface area (Å²) < 4.78 is 10.9. The molecule has 4 amide bonds. The number of nitriles is 1. The molecular formula is C21H20N4O5. The number of benzene rings is 2. The van der Waals surface area contributed by atoms with Gasteiger partial charge >= 0.3 is 6.03 Å². The lowest BCUT2D eigenvalue weighted by Crippen LogP contribution is -2.34. The van der Waals surface area contributed by atoms with Crippen molar-refractivity contribution in [1.29, 1.82) is 5.26 Å². The summed E-state index contributed by atoms with van der Waals surface area (Å²) in [5.74, 6) is -0.127. The number of imide groups is 1. The Bertz CT molecular complexity index is 1060. The summed E-state index contributed by atoms with van der Waals surface area (Å²) in [6.45, 7) is 2.21. The number of nitrogens with one attached hydrogen (secondary N) is 1. The highest BCUT2D eigenvalue weighted by molar-refractivity contribution is 6.22. The van der Waals surface area contributed by atoms with E-state index in [1.54, 1.807) is 18.2 Å². The van der Waals surface area contributed by atoms with Crippen molar-refractivity contribution in [3.8, 4) is 17.6 Å². The first kappa shape index (κ1) is 20.7. The van der Waals surface area contributed by atoms with Crippen LogP contribution in [0.4, 0.5) is 10.5 Å². The smallest absolute Gasteiger partial charge is 0.316 e. The SMILES string of the molecule is CCOc1cc(C(CC#N)N2C(=O)c3ccc(NC(N)=O)cc3C2=O)ccc1OC. The van der Waals surface area contributed by atoms with Gasteiger partial charge in [0.05, 0.1) is 43.4 Å². The maximum absolute atomic E-state index is 13.1. The largest absolute Gasteiger partial charge is 0.493 e. The summed E-state index contributed by atoms with van der Waals surface area (Å²) in [6.07, 6.45) is -0.101. The quantitative estimate of drug-likeness (QED) is 0.677. The molecule has 0 bridgehead atoms. The predicted octanol–water partition coefficient (Wildman–Crippen LogP) is 2.84. The maximum atomic E-state index is 13.1. The van der Waals surface area contributed by atoms with Gasteiger partial charge in [-0.25, -0.2) is 4.79 Å². The zero-order chi connectivity index (χ0) is 21.8. The number of anilines is 1. The number of primary amides is 1. The van der Waals surface area contributed by atoms with Gasteiger partial charge in [-0.15, -0.1) is 0 Å². The Morgan fingerprint density at radius 1 is 1.17 bits per heavy atom. The minimum Gasteiger partial charge on any atom is -0.493 e. The molecule has 2 aromatic carbocycles. The summed E-state index contributed by atoms with van der Waals surface area (Å²) in [5, 5.41) is 11.7. The van der Waals surface area contributed by atoms with E-state index in [4.69, 9.17) is 15.2 Å². The van der Waals surface area contributed by atoms with Gasteiger partial charge in [-0.3, -0.25) is 14.5 Å². The van der Waals surface area contributed by atoms with Gasteiger partial charge < -0.3 is 20.5 Å². The van der Waals surface area contributed by atoms with Crippen molar-refractivity contribution < 1.29 is 23.9 Å². The molecule has 1 heterocycles. The fourth-order valence-electron chi connectivity index (χ4n) is 3.38. The second-order valence-electron chi connectivity index (χ2n) is 6.45. The van der Waals surface area contributed by atoms with Crippen LogP contribution in [0.2, 0.25) is 0 Å². The zero-order valence-electron chi connectivity index (χ0n) is 16.5. The lowest BCUT2D eigenvalue weighted by molar-refractivity contribution is 0.0584. The molecule has 3 N–H and O–H groups in total. The predicted molar refractivity (Wildman–Crippen MR) is 107 cm³/mol. The first-order valence-corrected chi connectivity index (χ1v) is 9.17. The first-order chi connectivity index (χ1) is 14.4.